The van der Waals surface area contributed by atoms with Gasteiger partial charge in [0.25, 0.3) is 0 Å². The van der Waals surface area contributed by atoms with Crippen LogP contribution in [0.5, 0.6) is 0 Å². The van der Waals surface area contributed by atoms with E-state index in [0.717, 1.165) is 24.1 Å². The molecule has 0 unspecified atom stereocenters. The average Bonchev–Trinajstić information content (AvgIpc) is 3.47. The molecule has 30 heavy (non-hydrogen) atoms. The number of benzene rings is 2. The standard InChI is InChI=1S/C21H20ClN3O4S/c22-19-9-6-17(14-20(19)30(27,28)24-11-1-2-12-24)21(26)29-15-16-4-7-18(8-5-16)25-13-3-10-23-25/h3-10,13-14H,1-2,11-12,15H2. The highest BCUT2D eigenvalue weighted by Gasteiger charge is 2.30. The largest absolute Gasteiger partial charge is 0.457 e. The van der Waals surface area contributed by atoms with Gasteiger partial charge in [-0.3, -0.25) is 0 Å². The van der Waals surface area contributed by atoms with Crippen molar-refractivity contribution in [1.29, 1.82) is 0 Å². The first kappa shape index (κ1) is 20.6. The zero-order chi connectivity index (χ0) is 21.1. The number of hydrogen-bond donors (Lipinski definition) is 0. The monoisotopic (exact) mass is 445 g/mol. The van der Waals surface area contributed by atoms with Crippen LogP contribution in [0.2, 0.25) is 5.02 Å². The second-order valence-electron chi connectivity index (χ2n) is 6.95. The summed E-state index contributed by atoms with van der Waals surface area (Å²) in [6.45, 7) is 0.985. The summed E-state index contributed by atoms with van der Waals surface area (Å²) in [6, 6.07) is 13.4. The van der Waals surface area contributed by atoms with Gasteiger partial charge in [0.1, 0.15) is 11.5 Å². The van der Waals surface area contributed by atoms with E-state index in [2.05, 4.69) is 5.10 Å². The Hall–Kier alpha value is -2.68. The van der Waals surface area contributed by atoms with Crippen molar-refractivity contribution in [3.8, 4) is 5.69 Å². The lowest BCUT2D eigenvalue weighted by Gasteiger charge is -2.17. The molecule has 2 heterocycles. The van der Waals surface area contributed by atoms with Crippen LogP contribution in [-0.2, 0) is 21.4 Å². The molecule has 0 bridgehead atoms. The van der Waals surface area contributed by atoms with E-state index in [1.807, 2.05) is 36.5 Å². The highest BCUT2D eigenvalue weighted by molar-refractivity contribution is 7.89. The number of carbonyl (C=O) groups excluding carboxylic acids is 1. The predicted octanol–water partition coefficient (Wildman–Crippen LogP) is 3.67. The molecule has 1 fully saturated rings. The van der Waals surface area contributed by atoms with Crippen LogP contribution in [0.4, 0.5) is 0 Å². The third-order valence-electron chi connectivity index (χ3n) is 4.92. The van der Waals surface area contributed by atoms with E-state index < -0.39 is 16.0 Å². The fourth-order valence-corrected chi connectivity index (χ4v) is 5.31. The van der Waals surface area contributed by atoms with Crippen LogP contribution in [0.25, 0.3) is 5.69 Å². The van der Waals surface area contributed by atoms with Crippen molar-refractivity contribution in [1.82, 2.24) is 14.1 Å². The minimum absolute atomic E-state index is 0.0645. The Morgan fingerprint density at radius 3 is 2.50 bits per heavy atom. The van der Waals surface area contributed by atoms with Crippen molar-refractivity contribution in [3.05, 3.63) is 77.1 Å². The summed E-state index contributed by atoms with van der Waals surface area (Å²) in [5, 5.41) is 4.25. The molecule has 0 aliphatic carbocycles. The Labute approximate surface area is 179 Å². The maximum Gasteiger partial charge on any atom is 0.338 e. The maximum atomic E-state index is 12.8. The van der Waals surface area contributed by atoms with Crippen molar-refractivity contribution < 1.29 is 17.9 Å². The summed E-state index contributed by atoms with van der Waals surface area (Å²) in [7, 11) is -3.73. The lowest BCUT2D eigenvalue weighted by molar-refractivity contribution is 0.0472. The zero-order valence-corrected chi connectivity index (χ0v) is 17.6. The predicted molar refractivity (Wildman–Crippen MR) is 112 cm³/mol. The highest BCUT2D eigenvalue weighted by Crippen LogP contribution is 2.28. The molecule has 9 heteroatoms. The molecule has 156 valence electrons. The Bertz CT molecular complexity index is 1140. The van der Waals surface area contributed by atoms with E-state index in [4.69, 9.17) is 16.3 Å². The summed E-state index contributed by atoms with van der Waals surface area (Å²) >= 11 is 6.13. The third-order valence-corrected chi connectivity index (χ3v) is 7.31. The topological polar surface area (TPSA) is 81.5 Å². The van der Waals surface area contributed by atoms with Crippen LogP contribution < -0.4 is 0 Å². The second-order valence-corrected chi connectivity index (χ2v) is 9.26. The van der Waals surface area contributed by atoms with Gasteiger partial charge in [0, 0.05) is 25.5 Å². The summed E-state index contributed by atoms with van der Waals surface area (Å²) in [4.78, 5) is 12.4. The van der Waals surface area contributed by atoms with Crippen LogP contribution in [0.3, 0.4) is 0 Å². The van der Waals surface area contributed by atoms with Crippen LogP contribution in [0.1, 0.15) is 28.8 Å². The van der Waals surface area contributed by atoms with Gasteiger partial charge in [0.2, 0.25) is 10.0 Å². The number of sulfonamides is 1. The molecule has 2 aromatic carbocycles. The number of hydrogen-bond acceptors (Lipinski definition) is 5. The number of aromatic nitrogens is 2. The molecule has 0 atom stereocenters. The molecule has 0 N–H and O–H groups in total. The van der Waals surface area contributed by atoms with Gasteiger partial charge in [-0.2, -0.15) is 9.40 Å². The van der Waals surface area contributed by atoms with Crippen LogP contribution in [0, 0.1) is 0 Å². The summed E-state index contributed by atoms with van der Waals surface area (Å²) < 4.78 is 34.1. The molecule has 0 amide bonds. The van der Waals surface area contributed by atoms with Gasteiger partial charge in [0.05, 0.1) is 16.3 Å². The van der Waals surface area contributed by atoms with Crippen LogP contribution in [0.15, 0.2) is 65.8 Å². The van der Waals surface area contributed by atoms with Gasteiger partial charge in [-0.1, -0.05) is 23.7 Å². The molecule has 1 aliphatic rings. The van der Waals surface area contributed by atoms with Gasteiger partial charge in [-0.05, 0) is 54.8 Å². The molecule has 0 saturated carbocycles. The van der Waals surface area contributed by atoms with Gasteiger partial charge < -0.3 is 4.74 Å². The maximum absolute atomic E-state index is 12.8. The number of esters is 1. The fraction of sp³-hybridized carbons (Fsp3) is 0.238. The molecule has 3 aromatic rings. The van der Waals surface area contributed by atoms with Crippen molar-refractivity contribution in [2.24, 2.45) is 0 Å². The first-order valence-electron chi connectivity index (χ1n) is 9.51. The van der Waals surface area contributed by atoms with E-state index in [-0.39, 0.29) is 22.1 Å². The molecule has 1 aromatic heterocycles. The number of carbonyl (C=O) groups is 1. The average molecular weight is 446 g/mol. The first-order valence-corrected chi connectivity index (χ1v) is 11.3. The molecular weight excluding hydrogens is 426 g/mol. The molecule has 7 nitrogen and oxygen atoms in total. The number of nitrogens with zero attached hydrogens (tertiary/aromatic N) is 3. The molecule has 1 aliphatic heterocycles. The Morgan fingerprint density at radius 2 is 1.83 bits per heavy atom. The van der Waals surface area contributed by atoms with Crippen LogP contribution >= 0.6 is 11.6 Å². The SMILES string of the molecule is O=C(OCc1ccc(-n2cccn2)cc1)c1ccc(Cl)c(S(=O)(=O)N2CCCC2)c1. The fourth-order valence-electron chi connectivity index (χ4n) is 3.29. The summed E-state index contributed by atoms with van der Waals surface area (Å²) in [6.07, 6.45) is 5.17. The minimum Gasteiger partial charge on any atom is -0.457 e. The van der Waals surface area contributed by atoms with E-state index in [1.165, 1.54) is 22.5 Å². The van der Waals surface area contributed by atoms with E-state index >= 15 is 0 Å². The quantitative estimate of drug-likeness (QED) is 0.541. The van der Waals surface area contributed by atoms with Gasteiger partial charge in [-0.25, -0.2) is 17.9 Å². The lowest BCUT2D eigenvalue weighted by atomic mass is 10.2. The van der Waals surface area contributed by atoms with Crippen molar-refractivity contribution in [2.75, 3.05) is 13.1 Å². The van der Waals surface area contributed by atoms with Gasteiger partial charge in [0.15, 0.2) is 0 Å². The third kappa shape index (κ3) is 4.26. The van der Waals surface area contributed by atoms with E-state index in [9.17, 15) is 13.2 Å². The van der Waals surface area contributed by atoms with Gasteiger partial charge >= 0.3 is 5.97 Å². The van der Waals surface area contributed by atoms with Crippen molar-refractivity contribution in [3.63, 3.8) is 0 Å². The Morgan fingerprint density at radius 1 is 1.10 bits per heavy atom. The molecule has 0 radical (unpaired) electrons. The Kier molecular flexibility index (Phi) is 5.90. The number of halogens is 1. The minimum atomic E-state index is -3.73. The van der Waals surface area contributed by atoms with Gasteiger partial charge in [-0.15, -0.1) is 0 Å². The molecular formula is C21H20ClN3O4S. The normalized spacial score (nSPS) is 14.7. The number of rotatable bonds is 6. The van der Waals surface area contributed by atoms with Crippen LogP contribution in [-0.4, -0.2) is 41.6 Å². The molecule has 0 spiro atoms. The number of ether oxygens (including phenoxy) is 1. The van der Waals surface area contributed by atoms with Crippen molar-refractivity contribution >= 4 is 27.6 Å². The summed E-state index contributed by atoms with van der Waals surface area (Å²) in [5.41, 5.74) is 1.84. The molecule has 4 rings (SSSR count). The smallest absolute Gasteiger partial charge is 0.338 e. The lowest BCUT2D eigenvalue weighted by Crippen LogP contribution is -2.28. The van der Waals surface area contributed by atoms with E-state index in [0.29, 0.717) is 13.1 Å². The second kappa shape index (κ2) is 8.59. The zero-order valence-electron chi connectivity index (χ0n) is 16.1. The van der Waals surface area contributed by atoms with Crippen molar-refractivity contribution in [2.45, 2.75) is 24.3 Å². The highest BCUT2D eigenvalue weighted by atomic mass is 35.5. The Balaban J connectivity index is 1.46. The van der Waals surface area contributed by atoms with E-state index in [1.54, 1.807) is 10.9 Å². The molecule has 1 saturated heterocycles. The summed E-state index contributed by atoms with van der Waals surface area (Å²) in [5.74, 6) is -0.610. The first-order chi connectivity index (χ1) is 14.4.